The molecule has 2 fully saturated rings. The van der Waals surface area contributed by atoms with Crippen LogP contribution >= 0.6 is 0 Å². The van der Waals surface area contributed by atoms with Crippen LogP contribution < -0.4 is 0 Å². The van der Waals surface area contributed by atoms with Gasteiger partial charge in [0, 0.05) is 11.4 Å². The third-order valence-electron chi connectivity index (χ3n) is 7.93. The van der Waals surface area contributed by atoms with Crippen LogP contribution in [0.5, 0.6) is 0 Å². The van der Waals surface area contributed by atoms with Crippen molar-refractivity contribution in [2.24, 2.45) is 0 Å². The van der Waals surface area contributed by atoms with Crippen molar-refractivity contribution in [3.63, 3.8) is 0 Å². The lowest BCUT2D eigenvalue weighted by Crippen LogP contribution is -2.66. The average molecular weight is 513 g/mol. The molecule has 0 bridgehead atoms. The van der Waals surface area contributed by atoms with Crippen LogP contribution in [0.3, 0.4) is 0 Å². The molecular weight excluding hydrogens is 467 g/mol. The largest absolute Gasteiger partial charge is 0.414 e. The molecule has 1 N–H and O–H groups in total. The maximum atomic E-state index is 16.9. The van der Waals surface area contributed by atoms with E-state index in [2.05, 4.69) is 60.4 Å². The van der Waals surface area contributed by atoms with Crippen molar-refractivity contribution in [3.8, 4) is 0 Å². The minimum atomic E-state index is -2.99. The molecule has 2 aliphatic rings. The van der Waals surface area contributed by atoms with E-state index in [1.807, 2.05) is 26.0 Å². The van der Waals surface area contributed by atoms with E-state index in [4.69, 9.17) is 13.0 Å². The molecule has 0 radical (unpaired) electrons. The molecule has 1 aromatic heterocycles. The molecule has 0 aromatic carbocycles. The van der Waals surface area contributed by atoms with Gasteiger partial charge in [0.1, 0.15) is 6.10 Å². The summed E-state index contributed by atoms with van der Waals surface area (Å²) in [6, 6.07) is 2.19. The fourth-order valence-corrected chi connectivity index (χ4v) is 17.3. The van der Waals surface area contributed by atoms with E-state index < -0.39 is 41.0 Å². The van der Waals surface area contributed by atoms with Crippen molar-refractivity contribution >= 4 is 17.1 Å². The summed E-state index contributed by atoms with van der Waals surface area (Å²) >= 11 is 0. The number of nitrogens with zero attached hydrogens (tertiary/aromatic N) is 2. The molecule has 3 rings (SSSR count). The lowest BCUT2D eigenvalue weighted by atomic mass is 9.89. The Morgan fingerprint density at radius 1 is 1.00 bits per heavy atom. The zero-order chi connectivity index (χ0) is 25.8. The normalized spacial score (nSPS) is 31.9. The molecule has 194 valence electrons. The zero-order valence-electron chi connectivity index (χ0n) is 22.8. The van der Waals surface area contributed by atoms with Crippen LogP contribution in [0.4, 0.5) is 4.39 Å². The number of alkyl halides is 1. The predicted octanol–water partition coefficient (Wildman–Crippen LogP) is 6.50. The zero-order valence-corrected chi connectivity index (χ0v) is 24.8. The first kappa shape index (κ1) is 27.9. The maximum Gasteiger partial charge on any atom is 0.335 e. The van der Waals surface area contributed by atoms with Gasteiger partial charge in [-0.1, -0.05) is 61.5 Å². The molecule has 34 heavy (non-hydrogen) atoms. The molecule has 0 unspecified atom stereocenters. The van der Waals surface area contributed by atoms with Gasteiger partial charge in [0.2, 0.25) is 0 Å². The highest BCUT2D eigenvalue weighted by atomic mass is 28.5. The molecule has 2 saturated heterocycles. The highest BCUT2D eigenvalue weighted by Gasteiger charge is 2.66. The van der Waals surface area contributed by atoms with Crippen molar-refractivity contribution < 1.29 is 22.6 Å². The first-order chi connectivity index (χ1) is 15.6. The topological polar surface area (TPSA) is 64.1 Å². The second kappa shape index (κ2) is 9.65. The van der Waals surface area contributed by atoms with Crippen molar-refractivity contribution in [1.29, 1.82) is 0 Å². The van der Waals surface area contributed by atoms with Gasteiger partial charge in [-0.15, -0.1) is 0 Å². The van der Waals surface area contributed by atoms with Crippen LogP contribution in [0.1, 0.15) is 85.3 Å². The summed E-state index contributed by atoms with van der Waals surface area (Å²) in [5.74, 6) is 0. The van der Waals surface area contributed by atoms with Gasteiger partial charge < -0.3 is 18.2 Å². The molecule has 0 amide bonds. The minimum Gasteiger partial charge on any atom is -0.414 e. The van der Waals surface area contributed by atoms with Crippen LogP contribution in [-0.2, 0) is 13.0 Å². The SMILES string of the molecule is Cc1ccc([C@@H]2N(O)[C@@H]3CO[Si](C(C)C)(C(C)C)O[Si](C(C)C)(C(C)C)O[C@H]3[C@@]2(C)F)c(C)n1. The summed E-state index contributed by atoms with van der Waals surface area (Å²) in [6.45, 7) is 22.6. The van der Waals surface area contributed by atoms with Gasteiger partial charge in [0.15, 0.2) is 5.67 Å². The van der Waals surface area contributed by atoms with Gasteiger partial charge >= 0.3 is 17.1 Å². The fourth-order valence-electron chi connectivity index (χ4n) is 6.04. The Hall–Kier alpha value is -0.686. The van der Waals surface area contributed by atoms with E-state index in [-0.39, 0.29) is 28.8 Å². The Morgan fingerprint density at radius 2 is 1.53 bits per heavy atom. The van der Waals surface area contributed by atoms with E-state index in [0.29, 0.717) is 11.3 Å². The summed E-state index contributed by atoms with van der Waals surface area (Å²) in [5, 5.41) is 12.6. The number of halogens is 1. The number of hydroxylamine groups is 2. The molecule has 0 aliphatic carbocycles. The quantitative estimate of drug-likeness (QED) is 0.455. The van der Waals surface area contributed by atoms with Gasteiger partial charge in [-0.25, -0.2) is 4.39 Å². The highest BCUT2D eigenvalue weighted by Crippen LogP contribution is 2.53. The molecule has 6 nitrogen and oxygen atoms in total. The molecule has 0 saturated carbocycles. The van der Waals surface area contributed by atoms with Gasteiger partial charge in [0.25, 0.3) is 0 Å². The van der Waals surface area contributed by atoms with Gasteiger partial charge in [-0.3, -0.25) is 4.98 Å². The van der Waals surface area contributed by atoms with E-state index in [0.717, 1.165) is 10.8 Å². The number of pyridine rings is 1. The fraction of sp³-hybridized carbons (Fsp3) is 0.800. The Kier molecular flexibility index (Phi) is 7.91. The van der Waals surface area contributed by atoms with Crippen molar-refractivity contribution in [1.82, 2.24) is 10.0 Å². The Bertz CT molecular complexity index is 864. The van der Waals surface area contributed by atoms with E-state index in [1.54, 1.807) is 6.92 Å². The molecule has 9 heteroatoms. The standard InChI is InChI=1S/C25H45FN2O4Si2/c1-15(2)33(16(3)4)30-14-22-24(31-34(32-33,17(5)6)18(7)8)25(11,26)23(28(22)29)21-13-12-19(9)27-20(21)10/h12-13,15-18,22-24,29H,14H2,1-11H3/t22-,23+,24-,25+/m1/s1. The molecule has 1 aromatic rings. The third-order valence-corrected chi connectivity index (χ3v) is 18.2. The van der Waals surface area contributed by atoms with Crippen LogP contribution in [0, 0.1) is 13.8 Å². The number of rotatable bonds is 5. The second-order valence-corrected chi connectivity index (χ2v) is 20.5. The number of hydrogen-bond acceptors (Lipinski definition) is 6. The monoisotopic (exact) mass is 512 g/mol. The minimum absolute atomic E-state index is 0.0870. The van der Waals surface area contributed by atoms with E-state index in [1.165, 1.54) is 0 Å². The second-order valence-electron chi connectivity index (χ2n) is 11.6. The van der Waals surface area contributed by atoms with Crippen molar-refractivity contribution in [3.05, 3.63) is 29.1 Å². The summed E-state index contributed by atoms with van der Waals surface area (Å²) in [4.78, 5) is 4.54. The average Bonchev–Trinajstić information content (AvgIpc) is 2.86. The molecule has 2 aliphatic heterocycles. The van der Waals surface area contributed by atoms with Crippen LogP contribution in [0.15, 0.2) is 12.1 Å². The van der Waals surface area contributed by atoms with Gasteiger partial charge in [0.05, 0.1) is 18.7 Å². The first-order valence-corrected chi connectivity index (χ1v) is 16.7. The summed E-state index contributed by atoms with van der Waals surface area (Å²) in [5.41, 5.74) is 0.915. The summed E-state index contributed by atoms with van der Waals surface area (Å²) in [6.07, 6.45) is -0.883. The van der Waals surface area contributed by atoms with Gasteiger partial charge in [-0.2, -0.15) is 5.06 Å². The molecule has 0 spiro atoms. The van der Waals surface area contributed by atoms with Crippen LogP contribution in [0.2, 0.25) is 22.2 Å². The van der Waals surface area contributed by atoms with Gasteiger partial charge in [-0.05, 0) is 54.6 Å². The summed E-state index contributed by atoms with van der Waals surface area (Å²) < 4.78 is 37.8. The predicted molar refractivity (Wildman–Crippen MR) is 137 cm³/mol. The smallest absolute Gasteiger partial charge is 0.335 e. The van der Waals surface area contributed by atoms with Crippen LogP contribution in [0.25, 0.3) is 0 Å². The number of aromatic nitrogens is 1. The first-order valence-electron chi connectivity index (χ1n) is 12.7. The maximum absolute atomic E-state index is 16.9. The van der Waals surface area contributed by atoms with E-state index in [9.17, 15) is 5.21 Å². The highest BCUT2D eigenvalue weighted by molar-refractivity contribution is 6.84. The van der Waals surface area contributed by atoms with Crippen molar-refractivity contribution in [2.75, 3.05) is 6.61 Å². The lowest BCUT2D eigenvalue weighted by molar-refractivity contribution is -0.159. The number of fused-ring (bicyclic) bond motifs is 1. The Labute approximate surface area is 207 Å². The number of aryl methyl sites for hydroxylation is 2. The lowest BCUT2D eigenvalue weighted by Gasteiger charge is -2.52. The Balaban J connectivity index is 2.18. The number of hydrogen-bond donors (Lipinski definition) is 1. The molecule has 3 heterocycles. The van der Waals surface area contributed by atoms with E-state index >= 15 is 4.39 Å². The summed E-state index contributed by atoms with van der Waals surface area (Å²) in [7, 11) is -5.77. The van der Waals surface area contributed by atoms with Crippen LogP contribution in [-0.4, -0.2) is 56.8 Å². The van der Waals surface area contributed by atoms with Crippen molar-refractivity contribution in [2.45, 2.75) is 122 Å². The third kappa shape index (κ3) is 4.35. The Morgan fingerprint density at radius 3 is 2.00 bits per heavy atom. The molecule has 4 atom stereocenters. The molecular formula is C25H45FN2O4Si2.